The summed E-state index contributed by atoms with van der Waals surface area (Å²) in [6.07, 6.45) is 4.48. The van der Waals surface area contributed by atoms with Crippen molar-refractivity contribution in [1.29, 1.82) is 0 Å². The van der Waals surface area contributed by atoms with Gasteiger partial charge in [-0.2, -0.15) is 0 Å². The molecule has 2 N–H and O–H groups in total. The van der Waals surface area contributed by atoms with Gasteiger partial charge in [-0.25, -0.2) is 0 Å². The minimum Gasteiger partial charge on any atom is -0.355 e. The van der Waals surface area contributed by atoms with Crippen molar-refractivity contribution in [3.8, 4) is 11.4 Å². The largest absolute Gasteiger partial charge is 0.355 e. The lowest BCUT2D eigenvalue weighted by molar-refractivity contribution is -0.113. The summed E-state index contributed by atoms with van der Waals surface area (Å²) in [6, 6.07) is 14.4. The number of nitrogens with zero attached hydrogens (tertiary/aromatic N) is 3. The Kier molecular flexibility index (Phi) is 9.33. The van der Waals surface area contributed by atoms with Gasteiger partial charge in [0.1, 0.15) is 0 Å². The van der Waals surface area contributed by atoms with Crippen molar-refractivity contribution in [3.63, 3.8) is 0 Å². The number of unbranched alkanes of at least 4 members (excludes halogenated alkanes) is 3. The Morgan fingerprint density at radius 2 is 1.85 bits per heavy atom. The molecule has 3 aromatic rings. The van der Waals surface area contributed by atoms with Gasteiger partial charge < -0.3 is 15.2 Å². The molecule has 0 unspecified atom stereocenters. The number of aromatic nitrogens is 3. The normalized spacial score (nSPS) is 10.8. The molecular formula is C24H28ClN5O2S. The quantitative estimate of drug-likeness (QED) is 0.285. The van der Waals surface area contributed by atoms with Crippen molar-refractivity contribution < 1.29 is 9.59 Å². The Labute approximate surface area is 203 Å². The van der Waals surface area contributed by atoms with Crippen LogP contribution in [0, 0.1) is 0 Å². The fourth-order valence-electron chi connectivity index (χ4n) is 3.32. The molecule has 3 rings (SSSR count). The van der Waals surface area contributed by atoms with Gasteiger partial charge in [0, 0.05) is 35.4 Å². The monoisotopic (exact) mass is 485 g/mol. The Morgan fingerprint density at radius 3 is 2.58 bits per heavy atom. The van der Waals surface area contributed by atoms with Crippen LogP contribution in [0.15, 0.2) is 53.7 Å². The number of benzene rings is 2. The van der Waals surface area contributed by atoms with E-state index in [4.69, 9.17) is 11.6 Å². The molecule has 0 bridgehead atoms. The Morgan fingerprint density at radius 1 is 1.06 bits per heavy atom. The number of halogens is 1. The highest BCUT2D eigenvalue weighted by Gasteiger charge is 2.16. The number of thioether (sulfide) groups is 1. The summed E-state index contributed by atoms with van der Waals surface area (Å²) in [5.41, 5.74) is 2.00. The van der Waals surface area contributed by atoms with Gasteiger partial charge in [-0.05, 0) is 48.9 Å². The summed E-state index contributed by atoms with van der Waals surface area (Å²) in [5.74, 6) is 0.566. The van der Waals surface area contributed by atoms with E-state index >= 15 is 0 Å². The zero-order valence-corrected chi connectivity index (χ0v) is 20.4. The lowest BCUT2D eigenvalue weighted by Gasteiger charge is -2.11. The second kappa shape index (κ2) is 12.4. The molecular weight excluding hydrogens is 458 g/mol. The number of amides is 2. The highest BCUT2D eigenvalue weighted by molar-refractivity contribution is 7.99. The third kappa shape index (κ3) is 7.07. The molecule has 0 aliphatic heterocycles. The van der Waals surface area contributed by atoms with E-state index in [0.717, 1.165) is 37.2 Å². The fourth-order valence-corrected chi connectivity index (χ4v) is 4.21. The average molecular weight is 486 g/mol. The van der Waals surface area contributed by atoms with Gasteiger partial charge in [0.25, 0.3) is 5.91 Å². The first-order valence-corrected chi connectivity index (χ1v) is 12.3. The van der Waals surface area contributed by atoms with Crippen LogP contribution >= 0.6 is 23.4 Å². The average Bonchev–Trinajstić information content (AvgIpc) is 3.23. The van der Waals surface area contributed by atoms with Crippen molar-refractivity contribution in [3.05, 3.63) is 59.1 Å². The first-order valence-electron chi connectivity index (χ1n) is 11.0. The van der Waals surface area contributed by atoms with E-state index in [1.165, 1.54) is 18.2 Å². The summed E-state index contributed by atoms with van der Waals surface area (Å²) >= 11 is 7.38. The highest BCUT2D eigenvalue weighted by atomic mass is 35.5. The Bertz CT molecular complexity index is 1080. The fraction of sp³-hybridized carbons (Fsp3) is 0.333. The summed E-state index contributed by atoms with van der Waals surface area (Å²) in [7, 11) is 1.57. The van der Waals surface area contributed by atoms with Crippen molar-refractivity contribution >= 4 is 40.9 Å². The van der Waals surface area contributed by atoms with E-state index in [9.17, 15) is 9.59 Å². The third-order valence-corrected chi connectivity index (χ3v) is 6.24. The van der Waals surface area contributed by atoms with Crippen molar-refractivity contribution in [2.75, 3.05) is 18.1 Å². The first kappa shape index (κ1) is 24.8. The highest BCUT2D eigenvalue weighted by Crippen LogP contribution is 2.26. The molecule has 1 aromatic heterocycles. The summed E-state index contributed by atoms with van der Waals surface area (Å²) in [4.78, 5) is 24.4. The number of anilines is 1. The topological polar surface area (TPSA) is 88.9 Å². The summed E-state index contributed by atoms with van der Waals surface area (Å²) in [6.45, 7) is 2.96. The van der Waals surface area contributed by atoms with Crippen molar-refractivity contribution in [2.45, 2.75) is 44.3 Å². The molecule has 0 aliphatic rings. The number of rotatable bonds is 11. The second-order valence-electron chi connectivity index (χ2n) is 7.52. The van der Waals surface area contributed by atoms with E-state index in [1.807, 2.05) is 24.3 Å². The van der Waals surface area contributed by atoms with Crippen LogP contribution in [0.25, 0.3) is 11.4 Å². The SMILES string of the molecule is CCCCCCn1c(SCC(=O)Nc2cccc(C(=O)NC)c2)nnc1-c1ccc(Cl)cc1. The first-order chi connectivity index (χ1) is 16.0. The van der Waals surface area contributed by atoms with Gasteiger partial charge in [0.15, 0.2) is 11.0 Å². The number of carbonyl (C=O) groups excluding carboxylic acids is 2. The predicted octanol–water partition coefficient (Wildman–Crippen LogP) is 5.27. The summed E-state index contributed by atoms with van der Waals surface area (Å²) < 4.78 is 2.07. The molecule has 0 saturated heterocycles. The van der Waals surface area contributed by atoms with Crippen LogP contribution in [0.3, 0.4) is 0 Å². The lowest BCUT2D eigenvalue weighted by Crippen LogP contribution is -2.19. The van der Waals surface area contributed by atoms with Gasteiger partial charge in [-0.3, -0.25) is 9.59 Å². The minimum atomic E-state index is -0.202. The maximum Gasteiger partial charge on any atom is 0.251 e. The molecule has 2 amide bonds. The Balaban J connectivity index is 1.69. The van der Waals surface area contributed by atoms with Crippen LogP contribution in [-0.2, 0) is 11.3 Å². The molecule has 0 fully saturated rings. The number of nitrogens with one attached hydrogen (secondary N) is 2. The van der Waals surface area contributed by atoms with Crippen molar-refractivity contribution in [2.24, 2.45) is 0 Å². The van der Waals surface area contributed by atoms with E-state index in [0.29, 0.717) is 21.4 Å². The van der Waals surface area contributed by atoms with E-state index in [2.05, 4.69) is 32.3 Å². The zero-order chi connectivity index (χ0) is 23.6. The maximum atomic E-state index is 12.6. The molecule has 0 saturated carbocycles. The standard InChI is InChI=1S/C24H28ClN5O2S/c1-3-4-5-6-14-30-22(17-10-12-19(25)13-11-17)28-29-24(30)33-16-21(31)27-20-9-7-8-18(15-20)23(32)26-2/h7-13,15H,3-6,14,16H2,1-2H3,(H,26,32)(H,27,31). The molecule has 9 heteroatoms. The third-order valence-electron chi connectivity index (χ3n) is 5.02. The van der Waals surface area contributed by atoms with Crippen LogP contribution in [0.1, 0.15) is 43.0 Å². The number of hydrogen-bond acceptors (Lipinski definition) is 5. The molecule has 0 aliphatic carbocycles. The van der Waals surface area contributed by atoms with E-state index in [1.54, 1.807) is 31.3 Å². The molecule has 33 heavy (non-hydrogen) atoms. The van der Waals surface area contributed by atoms with Crippen LogP contribution in [-0.4, -0.2) is 39.4 Å². The molecule has 174 valence electrons. The zero-order valence-electron chi connectivity index (χ0n) is 18.8. The van der Waals surface area contributed by atoms with E-state index < -0.39 is 0 Å². The van der Waals surface area contributed by atoms with Gasteiger partial charge >= 0.3 is 0 Å². The van der Waals surface area contributed by atoms with Crippen LogP contribution < -0.4 is 10.6 Å². The van der Waals surface area contributed by atoms with Gasteiger partial charge in [0.05, 0.1) is 5.75 Å². The van der Waals surface area contributed by atoms with Crippen LogP contribution in [0.4, 0.5) is 5.69 Å². The molecule has 0 spiro atoms. The molecule has 2 aromatic carbocycles. The lowest BCUT2D eigenvalue weighted by atomic mass is 10.2. The number of hydrogen-bond donors (Lipinski definition) is 2. The summed E-state index contributed by atoms with van der Waals surface area (Å²) in [5, 5.41) is 15.5. The molecule has 0 atom stereocenters. The van der Waals surface area contributed by atoms with Gasteiger partial charge in [-0.1, -0.05) is 55.6 Å². The molecule has 0 radical (unpaired) electrons. The number of carbonyl (C=O) groups is 2. The minimum absolute atomic E-state index is 0.178. The van der Waals surface area contributed by atoms with Gasteiger partial charge in [0.2, 0.25) is 5.91 Å². The maximum absolute atomic E-state index is 12.6. The van der Waals surface area contributed by atoms with Crippen LogP contribution in [0.5, 0.6) is 0 Å². The van der Waals surface area contributed by atoms with Crippen molar-refractivity contribution in [1.82, 2.24) is 20.1 Å². The predicted molar refractivity (Wildman–Crippen MR) is 134 cm³/mol. The van der Waals surface area contributed by atoms with E-state index in [-0.39, 0.29) is 17.6 Å². The molecule has 7 nitrogen and oxygen atoms in total. The molecule has 1 heterocycles. The van der Waals surface area contributed by atoms with Gasteiger partial charge in [-0.15, -0.1) is 10.2 Å². The smallest absolute Gasteiger partial charge is 0.251 e. The van der Waals surface area contributed by atoms with Crippen LogP contribution in [0.2, 0.25) is 5.02 Å². The Hall–Kier alpha value is -2.84. The second-order valence-corrected chi connectivity index (χ2v) is 8.90.